The number of carbonyl (C=O) groups excluding carboxylic acids is 1. The van der Waals surface area contributed by atoms with Crippen LogP contribution in [0.3, 0.4) is 0 Å². The number of carbonyl (C=O) groups is 1. The number of rotatable bonds is 3. The van der Waals surface area contributed by atoms with E-state index in [4.69, 9.17) is 5.73 Å². The number of nitrogens with two attached hydrogens (primary N) is 1. The molecule has 0 aliphatic carbocycles. The largest absolute Gasteiger partial charge is 0.330 e. The summed E-state index contributed by atoms with van der Waals surface area (Å²) >= 11 is 0. The highest BCUT2D eigenvalue weighted by molar-refractivity contribution is 5.74. The van der Waals surface area contributed by atoms with E-state index in [9.17, 15) is 4.79 Å². The molecule has 0 aromatic rings. The summed E-state index contributed by atoms with van der Waals surface area (Å²) in [5, 5.41) is 0. The molecule has 2 amide bonds. The summed E-state index contributed by atoms with van der Waals surface area (Å²) in [6.45, 7) is 9.82. The normalized spacial score (nSPS) is 25.6. The maximum atomic E-state index is 12.6. The van der Waals surface area contributed by atoms with Crippen LogP contribution in [0.1, 0.15) is 32.6 Å². The van der Waals surface area contributed by atoms with Crippen molar-refractivity contribution in [2.75, 3.05) is 52.4 Å². The summed E-state index contributed by atoms with van der Waals surface area (Å²) in [5.74, 6) is 0.653. The van der Waals surface area contributed by atoms with Crippen molar-refractivity contribution in [2.45, 2.75) is 32.6 Å². The summed E-state index contributed by atoms with van der Waals surface area (Å²) in [7, 11) is 0. The second-order valence-corrected chi connectivity index (χ2v) is 6.30. The van der Waals surface area contributed by atoms with Gasteiger partial charge in [-0.05, 0) is 51.2 Å². The van der Waals surface area contributed by atoms with Crippen molar-refractivity contribution in [2.24, 2.45) is 11.7 Å². The Morgan fingerprint density at radius 3 is 2.65 bits per heavy atom. The van der Waals surface area contributed by atoms with Gasteiger partial charge in [0, 0.05) is 32.7 Å². The topological polar surface area (TPSA) is 52.8 Å². The van der Waals surface area contributed by atoms with Gasteiger partial charge in [-0.1, -0.05) is 6.92 Å². The third kappa shape index (κ3) is 4.35. The number of nitrogens with zero attached hydrogens (tertiary/aromatic N) is 3. The molecule has 0 spiro atoms. The fraction of sp³-hybridized carbons (Fsp3) is 0.933. The molecule has 0 radical (unpaired) electrons. The van der Waals surface area contributed by atoms with Crippen molar-refractivity contribution in [1.29, 1.82) is 0 Å². The van der Waals surface area contributed by atoms with Gasteiger partial charge in [-0.25, -0.2) is 4.79 Å². The van der Waals surface area contributed by atoms with E-state index in [1.165, 1.54) is 6.42 Å². The van der Waals surface area contributed by atoms with Gasteiger partial charge < -0.3 is 20.4 Å². The van der Waals surface area contributed by atoms with Crippen molar-refractivity contribution < 1.29 is 4.79 Å². The average Bonchev–Trinajstić information content (AvgIpc) is 2.70. The van der Waals surface area contributed by atoms with E-state index in [1.54, 1.807) is 0 Å². The Morgan fingerprint density at radius 1 is 1.10 bits per heavy atom. The maximum absolute atomic E-state index is 12.6. The molecule has 2 rings (SSSR count). The zero-order valence-electron chi connectivity index (χ0n) is 12.9. The van der Waals surface area contributed by atoms with Gasteiger partial charge in [-0.3, -0.25) is 0 Å². The van der Waals surface area contributed by atoms with E-state index in [2.05, 4.69) is 21.6 Å². The number of hydrogen-bond acceptors (Lipinski definition) is 3. The van der Waals surface area contributed by atoms with Crippen LogP contribution in [0.25, 0.3) is 0 Å². The summed E-state index contributed by atoms with van der Waals surface area (Å²) in [5.41, 5.74) is 5.57. The molecule has 1 atom stereocenters. The molecule has 2 heterocycles. The van der Waals surface area contributed by atoms with Crippen LogP contribution in [0.4, 0.5) is 4.79 Å². The van der Waals surface area contributed by atoms with Crippen LogP contribution >= 0.6 is 0 Å². The average molecular weight is 282 g/mol. The Bertz CT molecular complexity index is 310. The molecule has 5 nitrogen and oxygen atoms in total. The molecule has 0 aromatic carbocycles. The van der Waals surface area contributed by atoms with Crippen LogP contribution in [-0.2, 0) is 0 Å². The van der Waals surface area contributed by atoms with E-state index < -0.39 is 0 Å². The summed E-state index contributed by atoms with van der Waals surface area (Å²) < 4.78 is 0. The van der Waals surface area contributed by atoms with Crippen molar-refractivity contribution in [3.63, 3.8) is 0 Å². The highest BCUT2D eigenvalue weighted by Gasteiger charge is 2.26. The van der Waals surface area contributed by atoms with Crippen molar-refractivity contribution in [3.05, 3.63) is 0 Å². The lowest BCUT2D eigenvalue weighted by atomic mass is 10.0. The van der Waals surface area contributed by atoms with Crippen LogP contribution in [0, 0.1) is 5.92 Å². The number of hydrogen-bond donors (Lipinski definition) is 1. The fourth-order valence-electron chi connectivity index (χ4n) is 3.26. The first-order valence-corrected chi connectivity index (χ1v) is 8.17. The molecule has 20 heavy (non-hydrogen) atoms. The predicted molar refractivity (Wildman–Crippen MR) is 81.7 cm³/mol. The highest BCUT2D eigenvalue weighted by atomic mass is 16.2. The van der Waals surface area contributed by atoms with Crippen molar-refractivity contribution >= 4 is 6.03 Å². The monoisotopic (exact) mass is 282 g/mol. The molecule has 1 unspecified atom stereocenters. The van der Waals surface area contributed by atoms with Crippen LogP contribution in [-0.4, -0.2) is 73.1 Å². The Hall–Kier alpha value is -0.810. The Morgan fingerprint density at radius 2 is 1.90 bits per heavy atom. The van der Waals surface area contributed by atoms with Gasteiger partial charge in [0.25, 0.3) is 0 Å². The number of piperidine rings is 1. The first-order valence-electron chi connectivity index (χ1n) is 8.17. The lowest BCUT2D eigenvalue weighted by molar-refractivity contribution is 0.132. The number of likely N-dealkylation sites (tertiary alicyclic amines) is 1. The third-order valence-electron chi connectivity index (χ3n) is 4.47. The van der Waals surface area contributed by atoms with E-state index >= 15 is 0 Å². The molecular weight excluding hydrogens is 252 g/mol. The van der Waals surface area contributed by atoms with Crippen molar-refractivity contribution in [3.8, 4) is 0 Å². The Labute approximate surface area is 123 Å². The molecule has 5 heteroatoms. The minimum Gasteiger partial charge on any atom is -0.330 e. The van der Waals surface area contributed by atoms with Crippen LogP contribution < -0.4 is 5.73 Å². The van der Waals surface area contributed by atoms with Crippen LogP contribution in [0.15, 0.2) is 0 Å². The Balaban J connectivity index is 1.81. The molecule has 0 saturated carbocycles. The molecule has 2 fully saturated rings. The van der Waals surface area contributed by atoms with E-state index in [0.29, 0.717) is 5.92 Å². The third-order valence-corrected chi connectivity index (χ3v) is 4.47. The molecule has 0 bridgehead atoms. The smallest absolute Gasteiger partial charge is 0.320 e. The van der Waals surface area contributed by atoms with Gasteiger partial charge >= 0.3 is 6.03 Å². The summed E-state index contributed by atoms with van der Waals surface area (Å²) in [6, 6.07) is 0.261. The quantitative estimate of drug-likeness (QED) is 0.846. The first kappa shape index (κ1) is 15.6. The number of urea groups is 1. The summed E-state index contributed by atoms with van der Waals surface area (Å²) in [6.07, 6.45) is 4.55. The molecule has 2 N–H and O–H groups in total. The van der Waals surface area contributed by atoms with Gasteiger partial charge in [-0.15, -0.1) is 0 Å². The molecule has 2 aliphatic heterocycles. The van der Waals surface area contributed by atoms with E-state index in [1.807, 2.05) is 0 Å². The predicted octanol–water partition coefficient (Wildman–Crippen LogP) is 1.19. The Kier molecular flexibility index (Phi) is 6.10. The summed E-state index contributed by atoms with van der Waals surface area (Å²) in [4.78, 5) is 19.1. The molecule has 2 aliphatic rings. The maximum Gasteiger partial charge on any atom is 0.320 e. The van der Waals surface area contributed by atoms with Crippen molar-refractivity contribution in [1.82, 2.24) is 14.7 Å². The zero-order chi connectivity index (χ0) is 14.4. The van der Waals surface area contributed by atoms with Gasteiger partial charge in [0.05, 0.1) is 0 Å². The second-order valence-electron chi connectivity index (χ2n) is 6.30. The van der Waals surface area contributed by atoms with Crippen LogP contribution in [0.2, 0.25) is 0 Å². The fourth-order valence-corrected chi connectivity index (χ4v) is 3.26. The second kappa shape index (κ2) is 7.84. The lowest BCUT2D eigenvalue weighted by Crippen LogP contribution is -2.48. The van der Waals surface area contributed by atoms with E-state index in [-0.39, 0.29) is 6.03 Å². The molecule has 116 valence electrons. The lowest BCUT2D eigenvalue weighted by Gasteiger charge is -2.35. The van der Waals surface area contributed by atoms with Crippen LogP contribution in [0.5, 0.6) is 0 Å². The van der Waals surface area contributed by atoms with Gasteiger partial charge in [0.15, 0.2) is 0 Å². The molecular formula is C15H30N4O. The van der Waals surface area contributed by atoms with Gasteiger partial charge in [-0.2, -0.15) is 0 Å². The van der Waals surface area contributed by atoms with E-state index in [0.717, 1.165) is 71.6 Å². The minimum absolute atomic E-state index is 0.261. The molecule has 2 saturated heterocycles. The zero-order valence-corrected chi connectivity index (χ0v) is 12.9. The standard InChI is InChI=1S/C15H30N4O/c1-14-5-2-9-19(13-14)15(20)18-10-4-8-17(11-12-18)7-3-6-16/h14H,2-13,16H2,1H3. The van der Waals surface area contributed by atoms with Gasteiger partial charge in [0.2, 0.25) is 0 Å². The number of amides is 2. The first-order chi connectivity index (χ1) is 9.70. The van der Waals surface area contributed by atoms with Gasteiger partial charge in [0.1, 0.15) is 0 Å². The highest BCUT2D eigenvalue weighted by Crippen LogP contribution is 2.17. The SMILES string of the molecule is CC1CCCN(C(=O)N2CCCN(CCCN)CC2)C1. The minimum atomic E-state index is 0.261. The molecule has 0 aromatic heterocycles.